The summed E-state index contributed by atoms with van der Waals surface area (Å²) in [6.45, 7) is -0.657. The Labute approximate surface area is 153 Å². The molecule has 0 saturated heterocycles. The summed E-state index contributed by atoms with van der Waals surface area (Å²) < 4.78 is 28.7. The Morgan fingerprint density at radius 2 is 1.65 bits per heavy atom. The first-order chi connectivity index (χ1) is 12.4. The highest BCUT2D eigenvalue weighted by Gasteiger charge is 2.53. The maximum absolute atomic E-state index is 12.5. The van der Waals surface area contributed by atoms with Gasteiger partial charge in [0, 0.05) is 6.04 Å². The number of carbonyl (C=O) groups excluding carboxylic acids is 1. The molecule has 1 amide bonds. The number of alkyl halides is 2. The number of carbonyl (C=O) groups is 1. The Hall–Kier alpha value is -1.65. The van der Waals surface area contributed by atoms with Crippen molar-refractivity contribution in [2.24, 2.45) is 23.2 Å². The van der Waals surface area contributed by atoms with E-state index in [2.05, 4.69) is 17.0 Å². The zero-order valence-electron chi connectivity index (χ0n) is 15.2. The SMILES string of the molecule is CC(NC(=O)Cc1ccc(OC(F)F)cc1)C12CC3CC(CC(C3)C1)C2. The highest BCUT2D eigenvalue weighted by Crippen LogP contribution is 2.61. The monoisotopic (exact) mass is 363 g/mol. The van der Waals surface area contributed by atoms with Gasteiger partial charge in [0.1, 0.15) is 5.75 Å². The second-order valence-corrected chi connectivity index (χ2v) is 8.77. The third-order valence-corrected chi connectivity index (χ3v) is 6.89. The Bertz CT molecular complexity index is 623. The number of halogens is 2. The molecule has 1 aromatic rings. The Morgan fingerprint density at radius 3 is 2.15 bits per heavy atom. The summed E-state index contributed by atoms with van der Waals surface area (Å²) in [7, 11) is 0. The van der Waals surface area contributed by atoms with Crippen LogP contribution in [0.2, 0.25) is 0 Å². The van der Waals surface area contributed by atoms with Crippen LogP contribution in [-0.4, -0.2) is 18.6 Å². The number of ether oxygens (including phenoxy) is 1. The van der Waals surface area contributed by atoms with Crippen molar-refractivity contribution in [1.82, 2.24) is 5.32 Å². The molecule has 142 valence electrons. The van der Waals surface area contributed by atoms with Gasteiger partial charge in [-0.2, -0.15) is 8.78 Å². The molecular formula is C21H27F2NO2. The topological polar surface area (TPSA) is 38.3 Å². The number of amides is 1. The van der Waals surface area contributed by atoms with E-state index >= 15 is 0 Å². The fourth-order valence-corrected chi connectivity index (χ4v) is 6.13. The van der Waals surface area contributed by atoms with Gasteiger partial charge in [0.15, 0.2) is 0 Å². The van der Waals surface area contributed by atoms with E-state index in [9.17, 15) is 13.6 Å². The first-order valence-electron chi connectivity index (χ1n) is 9.75. The van der Waals surface area contributed by atoms with Gasteiger partial charge in [0.2, 0.25) is 5.91 Å². The lowest BCUT2D eigenvalue weighted by atomic mass is 9.48. The summed E-state index contributed by atoms with van der Waals surface area (Å²) in [5.41, 5.74) is 1.10. The van der Waals surface area contributed by atoms with Crippen molar-refractivity contribution in [1.29, 1.82) is 0 Å². The lowest BCUT2D eigenvalue weighted by molar-refractivity contribution is -0.125. The first-order valence-corrected chi connectivity index (χ1v) is 9.75. The van der Waals surface area contributed by atoms with Crippen molar-refractivity contribution in [2.75, 3.05) is 0 Å². The van der Waals surface area contributed by atoms with Crippen molar-refractivity contribution >= 4 is 5.91 Å². The Balaban J connectivity index is 1.34. The van der Waals surface area contributed by atoms with Gasteiger partial charge in [0.05, 0.1) is 6.42 Å². The van der Waals surface area contributed by atoms with E-state index in [1.807, 2.05) is 0 Å². The molecule has 4 bridgehead atoms. The quantitative estimate of drug-likeness (QED) is 0.805. The second kappa shape index (κ2) is 6.82. The molecule has 0 spiro atoms. The second-order valence-electron chi connectivity index (χ2n) is 8.77. The van der Waals surface area contributed by atoms with Gasteiger partial charge < -0.3 is 10.1 Å². The minimum atomic E-state index is -2.83. The van der Waals surface area contributed by atoms with Crippen molar-refractivity contribution < 1.29 is 18.3 Å². The normalized spacial score (nSPS) is 33.3. The van der Waals surface area contributed by atoms with Crippen LogP contribution in [0.25, 0.3) is 0 Å². The molecule has 0 radical (unpaired) electrons. The van der Waals surface area contributed by atoms with Crippen LogP contribution >= 0.6 is 0 Å². The minimum Gasteiger partial charge on any atom is -0.435 e. The third-order valence-electron chi connectivity index (χ3n) is 6.89. The molecule has 5 heteroatoms. The van der Waals surface area contributed by atoms with Gasteiger partial charge >= 0.3 is 6.61 Å². The number of hydrogen-bond donors (Lipinski definition) is 1. The van der Waals surface area contributed by atoms with Crippen LogP contribution in [0.15, 0.2) is 24.3 Å². The molecule has 4 aliphatic rings. The van der Waals surface area contributed by atoms with Gasteiger partial charge in [-0.3, -0.25) is 4.79 Å². The molecular weight excluding hydrogens is 336 g/mol. The molecule has 5 rings (SSSR count). The molecule has 1 N–H and O–H groups in total. The number of nitrogens with one attached hydrogen (secondary N) is 1. The van der Waals surface area contributed by atoms with E-state index in [4.69, 9.17) is 0 Å². The Morgan fingerprint density at radius 1 is 1.12 bits per heavy atom. The summed E-state index contributed by atoms with van der Waals surface area (Å²) >= 11 is 0. The lowest BCUT2D eigenvalue weighted by Gasteiger charge is -2.59. The summed E-state index contributed by atoms with van der Waals surface area (Å²) in [5, 5.41) is 3.24. The van der Waals surface area contributed by atoms with Gasteiger partial charge in [-0.05, 0) is 86.3 Å². The van der Waals surface area contributed by atoms with Crippen LogP contribution in [0.3, 0.4) is 0 Å². The van der Waals surface area contributed by atoms with Crippen LogP contribution < -0.4 is 10.1 Å². The van der Waals surface area contributed by atoms with Crippen molar-refractivity contribution in [3.63, 3.8) is 0 Å². The summed E-state index contributed by atoms with van der Waals surface area (Å²) in [6.07, 6.45) is 8.25. The smallest absolute Gasteiger partial charge is 0.387 e. The molecule has 1 aromatic carbocycles. The van der Waals surface area contributed by atoms with Crippen LogP contribution in [-0.2, 0) is 11.2 Å². The Kier molecular flexibility index (Phi) is 4.66. The molecule has 4 fully saturated rings. The minimum absolute atomic E-state index is 0.00998. The van der Waals surface area contributed by atoms with Crippen molar-refractivity contribution in [2.45, 2.75) is 64.5 Å². The summed E-state index contributed by atoms with van der Waals surface area (Å²) in [4.78, 5) is 12.5. The van der Waals surface area contributed by atoms with E-state index in [-0.39, 0.29) is 24.1 Å². The van der Waals surface area contributed by atoms with Crippen LogP contribution in [0.1, 0.15) is 51.0 Å². The number of rotatable bonds is 6. The van der Waals surface area contributed by atoms with E-state index < -0.39 is 6.61 Å². The van der Waals surface area contributed by atoms with Gasteiger partial charge in [-0.1, -0.05) is 12.1 Å². The summed E-state index contributed by atoms with van der Waals surface area (Å²) in [5.74, 6) is 2.72. The van der Waals surface area contributed by atoms with Gasteiger partial charge in [0.25, 0.3) is 0 Å². The zero-order chi connectivity index (χ0) is 18.3. The molecule has 1 atom stereocenters. The maximum atomic E-state index is 12.5. The van der Waals surface area contributed by atoms with E-state index in [1.165, 1.54) is 50.7 Å². The van der Waals surface area contributed by atoms with Crippen molar-refractivity contribution in [3.8, 4) is 5.75 Å². The van der Waals surface area contributed by atoms with E-state index in [0.29, 0.717) is 5.41 Å². The molecule has 26 heavy (non-hydrogen) atoms. The largest absolute Gasteiger partial charge is 0.435 e. The van der Waals surface area contributed by atoms with E-state index in [1.54, 1.807) is 12.1 Å². The summed E-state index contributed by atoms with van der Waals surface area (Å²) in [6, 6.07) is 6.51. The first kappa shape index (κ1) is 17.7. The zero-order valence-corrected chi connectivity index (χ0v) is 15.2. The highest BCUT2D eigenvalue weighted by molar-refractivity contribution is 5.79. The van der Waals surface area contributed by atoms with E-state index in [0.717, 1.165) is 23.3 Å². The van der Waals surface area contributed by atoms with Crippen molar-refractivity contribution in [3.05, 3.63) is 29.8 Å². The molecule has 0 aliphatic heterocycles. The molecule has 0 aromatic heterocycles. The highest BCUT2D eigenvalue weighted by atomic mass is 19.3. The molecule has 0 heterocycles. The maximum Gasteiger partial charge on any atom is 0.387 e. The number of benzene rings is 1. The van der Waals surface area contributed by atoms with Crippen LogP contribution in [0.4, 0.5) is 8.78 Å². The van der Waals surface area contributed by atoms with Crippen LogP contribution in [0.5, 0.6) is 5.75 Å². The number of hydrogen-bond acceptors (Lipinski definition) is 2. The average molecular weight is 363 g/mol. The third kappa shape index (κ3) is 3.58. The standard InChI is InChI=1S/C21H27F2NO2/c1-13(21-10-15-6-16(11-21)8-17(7-15)12-21)24-19(25)9-14-2-4-18(5-3-14)26-20(22)23/h2-5,13,15-17,20H,6-12H2,1H3,(H,24,25). The lowest BCUT2D eigenvalue weighted by Crippen LogP contribution is -2.56. The fourth-order valence-electron chi connectivity index (χ4n) is 6.13. The predicted molar refractivity (Wildman–Crippen MR) is 95.0 cm³/mol. The predicted octanol–water partition coefficient (Wildman–Crippen LogP) is 4.55. The van der Waals surface area contributed by atoms with Crippen LogP contribution in [0, 0.1) is 23.2 Å². The van der Waals surface area contributed by atoms with Gasteiger partial charge in [-0.25, -0.2) is 0 Å². The molecule has 1 unspecified atom stereocenters. The molecule has 4 aliphatic carbocycles. The molecule has 3 nitrogen and oxygen atoms in total. The fraction of sp³-hybridized carbons (Fsp3) is 0.667. The molecule has 4 saturated carbocycles. The average Bonchev–Trinajstić information content (AvgIpc) is 2.55. The van der Waals surface area contributed by atoms with Gasteiger partial charge in [-0.15, -0.1) is 0 Å².